The molecular weight excluding hydrogens is 400 g/mol. The van der Waals surface area contributed by atoms with E-state index in [2.05, 4.69) is 10.3 Å². The molecule has 1 heterocycles. The predicted octanol–water partition coefficient (Wildman–Crippen LogP) is 4.44. The summed E-state index contributed by atoms with van der Waals surface area (Å²) in [6, 6.07) is 12.1. The molecule has 3 aromatic rings. The molecule has 0 unspecified atom stereocenters. The van der Waals surface area contributed by atoms with Gasteiger partial charge in [0, 0.05) is 16.0 Å². The van der Waals surface area contributed by atoms with E-state index in [0.717, 1.165) is 5.56 Å². The minimum absolute atomic E-state index is 0.149. The Bertz CT molecular complexity index is 1020. The van der Waals surface area contributed by atoms with Crippen molar-refractivity contribution in [3.63, 3.8) is 0 Å². The van der Waals surface area contributed by atoms with Gasteiger partial charge >= 0.3 is 5.97 Å². The molecule has 2 aromatic carbocycles. The summed E-state index contributed by atoms with van der Waals surface area (Å²) in [5.74, 6) is -0.108. The summed E-state index contributed by atoms with van der Waals surface area (Å²) in [6.45, 7) is 0. The molecule has 1 aromatic heterocycles. The highest BCUT2D eigenvalue weighted by Gasteiger charge is 2.16. The third-order valence-electron chi connectivity index (χ3n) is 3.96. The molecule has 28 heavy (non-hydrogen) atoms. The van der Waals surface area contributed by atoms with Crippen LogP contribution in [0.3, 0.4) is 0 Å². The number of methoxy groups -OCH3 is 2. The number of anilines is 1. The lowest BCUT2D eigenvalue weighted by atomic mass is 10.1. The Hall–Kier alpha value is -2.90. The first kappa shape index (κ1) is 19.9. The van der Waals surface area contributed by atoms with Gasteiger partial charge in [0.1, 0.15) is 5.75 Å². The Kier molecular flexibility index (Phi) is 6.28. The molecule has 1 N–H and O–H groups in total. The number of esters is 1. The Morgan fingerprint density at radius 2 is 1.96 bits per heavy atom. The van der Waals surface area contributed by atoms with Crippen LogP contribution in [0.5, 0.6) is 5.75 Å². The summed E-state index contributed by atoms with van der Waals surface area (Å²) in [4.78, 5) is 28.5. The monoisotopic (exact) mass is 416 g/mol. The molecule has 6 nitrogen and oxygen atoms in total. The average molecular weight is 417 g/mol. The number of ether oxygens (including phenoxy) is 2. The van der Waals surface area contributed by atoms with Crippen LogP contribution in [0.15, 0.2) is 47.8 Å². The van der Waals surface area contributed by atoms with Crippen LogP contribution in [0, 0.1) is 0 Å². The number of benzene rings is 2. The molecule has 144 valence electrons. The van der Waals surface area contributed by atoms with Crippen molar-refractivity contribution < 1.29 is 19.1 Å². The van der Waals surface area contributed by atoms with Crippen LogP contribution in [-0.2, 0) is 16.0 Å². The number of nitrogens with zero attached hydrogens (tertiary/aromatic N) is 1. The van der Waals surface area contributed by atoms with Crippen molar-refractivity contribution in [2.75, 3.05) is 19.5 Å². The van der Waals surface area contributed by atoms with Crippen molar-refractivity contribution in [1.29, 1.82) is 0 Å². The van der Waals surface area contributed by atoms with Crippen molar-refractivity contribution in [3.05, 3.63) is 64.0 Å². The lowest BCUT2D eigenvalue weighted by Crippen LogP contribution is -2.14. The zero-order valence-corrected chi connectivity index (χ0v) is 16.8. The maximum atomic E-state index is 12.3. The maximum Gasteiger partial charge on any atom is 0.337 e. The number of amides is 1. The first-order chi connectivity index (χ1) is 13.5. The second kappa shape index (κ2) is 8.86. The SMILES string of the molecule is COC(=O)c1ccc(OC)c(-c2csc(NC(=O)Cc3ccccc3Cl)n2)c1. The maximum absolute atomic E-state index is 12.3. The molecule has 0 spiro atoms. The van der Waals surface area contributed by atoms with E-state index in [1.807, 2.05) is 12.1 Å². The van der Waals surface area contributed by atoms with E-state index in [4.69, 9.17) is 21.1 Å². The molecule has 1 amide bonds. The van der Waals surface area contributed by atoms with E-state index < -0.39 is 5.97 Å². The first-order valence-corrected chi connectivity index (χ1v) is 9.53. The van der Waals surface area contributed by atoms with E-state index in [1.54, 1.807) is 35.7 Å². The number of halogens is 1. The summed E-state index contributed by atoms with van der Waals surface area (Å²) < 4.78 is 10.1. The molecule has 0 aliphatic heterocycles. The molecule has 8 heteroatoms. The Labute approximate surface area is 171 Å². The average Bonchev–Trinajstić information content (AvgIpc) is 3.16. The van der Waals surface area contributed by atoms with E-state index in [-0.39, 0.29) is 12.3 Å². The molecule has 0 saturated carbocycles. The van der Waals surface area contributed by atoms with Crippen LogP contribution in [0.1, 0.15) is 15.9 Å². The lowest BCUT2D eigenvalue weighted by Gasteiger charge is -2.08. The number of rotatable bonds is 6. The van der Waals surface area contributed by atoms with Crippen LogP contribution in [-0.4, -0.2) is 31.1 Å². The van der Waals surface area contributed by atoms with E-state index in [9.17, 15) is 9.59 Å². The summed E-state index contributed by atoms with van der Waals surface area (Å²) in [6.07, 6.45) is 0.149. The third-order valence-corrected chi connectivity index (χ3v) is 5.08. The van der Waals surface area contributed by atoms with Crippen LogP contribution in [0.25, 0.3) is 11.3 Å². The number of nitrogens with one attached hydrogen (secondary N) is 1. The van der Waals surface area contributed by atoms with Gasteiger partial charge in [-0.15, -0.1) is 11.3 Å². The molecule has 0 aliphatic carbocycles. The van der Waals surface area contributed by atoms with Crippen LogP contribution >= 0.6 is 22.9 Å². The largest absolute Gasteiger partial charge is 0.496 e. The van der Waals surface area contributed by atoms with Gasteiger partial charge in [-0.2, -0.15) is 0 Å². The van der Waals surface area contributed by atoms with Crippen LogP contribution in [0.4, 0.5) is 5.13 Å². The Balaban J connectivity index is 1.79. The number of hydrogen-bond donors (Lipinski definition) is 1. The third kappa shape index (κ3) is 4.49. The number of aromatic nitrogens is 1. The molecule has 3 rings (SSSR count). The van der Waals surface area contributed by atoms with Gasteiger partial charge in [-0.05, 0) is 29.8 Å². The molecule has 0 bridgehead atoms. The molecule has 0 fully saturated rings. The van der Waals surface area contributed by atoms with Crippen molar-refractivity contribution in [2.24, 2.45) is 0 Å². The zero-order valence-electron chi connectivity index (χ0n) is 15.2. The highest BCUT2D eigenvalue weighted by atomic mass is 35.5. The number of carbonyl (C=O) groups excluding carboxylic acids is 2. The number of thiazole rings is 1. The number of carbonyl (C=O) groups is 2. The highest BCUT2D eigenvalue weighted by molar-refractivity contribution is 7.14. The van der Waals surface area contributed by atoms with Crippen molar-refractivity contribution in [1.82, 2.24) is 4.98 Å². The van der Waals surface area contributed by atoms with Gasteiger partial charge in [0.2, 0.25) is 5.91 Å². The normalized spacial score (nSPS) is 10.4. The first-order valence-electron chi connectivity index (χ1n) is 8.27. The van der Waals surface area contributed by atoms with E-state index >= 15 is 0 Å². The Morgan fingerprint density at radius 1 is 1.18 bits per heavy atom. The van der Waals surface area contributed by atoms with Gasteiger partial charge in [-0.3, -0.25) is 4.79 Å². The van der Waals surface area contributed by atoms with Crippen molar-refractivity contribution in [2.45, 2.75) is 6.42 Å². The highest BCUT2D eigenvalue weighted by Crippen LogP contribution is 2.33. The topological polar surface area (TPSA) is 77.5 Å². The minimum atomic E-state index is -0.451. The summed E-state index contributed by atoms with van der Waals surface area (Å²) in [5.41, 5.74) is 2.34. The van der Waals surface area contributed by atoms with E-state index in [0.29, 0.717) is 32.7 Å². The minimum Gasteiger partial charge on any atom is -0.496 e. The van der Waals surface area contributed by atoms with E-state index in [1.165, 1.54) is 25.6 Å². The summed E-state index contributed by atoms with van der Waals surface area (Å²) in [5, 5.41) is 5.54. The van der Waals surface area contributed by atoms with Gasteiger partial charge in [0.15, 0.2) is 5.13 Å². The smallest absolute Gasteiger partial charge is 0.337 e. The summed E-state index contributed by atoms with van der Waals surface area (Å²) in [7, 11) is 2.86. The molecule has 0 atom stereocenters. The van der Waals surface area contributed by atoms with Crippen molar-refractivity contribution in [3.8, 4) is 17.0 Å². The standard InChI is InChI=1S/C20H17ClN2O4S/c1-26-17-8-7-13(19(25)27-2)9-14(17)16-11-28-20(22-16)23-18(24)10-12-5-3-4-6-15(12)21/h3-9,11H,10H2,1-2H3,(H,22,23,24). The molecule has 0 aliphatic rings. The fourth-order valence-corrected chi connectivity index (χ4v) is 3.52. The molecule has 0 radical (unpaired) electrons. The molecular formula is C20H17ClN2O4S. The quantitative estimate of drug-likeness (QED) is 0.601. The predicted molar refractivity (Wildman–Crippen MR) is 109 cm³/mol. The van der Waals surface area contributed by atoms with Crippen LogP contribution in [0.2, 0.25) is 5.02 Å². The number of hydrogen-bond acceptors (Lipinski definition) is 6. The van der Waals surface area contributed by atoms with Gasteiger partial charge in [0.25, 0.3) is 0 Å². The molecule has 0 saturated heterocycles. The zero-order chi connectivity index (χ0) is 20.1. The van der Waals surface area contributed by atoms with Gasteiger partial charge < -0.3 is 14.8 Å². The lowest BCUT2D eigenvalue weighted by molar-refractivity contribution is -0.115. The van der Waals surface area contributed by atoms with Crippen molar-refractivity contribution >= 4 is 39.9 Å². The second-order valence-corrected chi connectivity index (χ2v) is 7.03. The fraction of sp³-hybridized carbons (Fsp3) is 0.150. The van der Waals surface area contributed by atoms with Crippen LogP contribution < -0.4 is 10.1 Å². The Morgan fingerprint density at radius 3 is 2.68 bits per heavy atom. The fourth-order valence-electron chi connectivity index (χ4n) is 2.59. The van der Waals surface area contributed by atoms with Gasteiger partial charge in [0.05, 0.1) is 31.9 Å². The summed E-state index contributed by atoms with van der Waals surface area (Å²) >= 11 is 7.38. The van der Waals surface area contributed by atoms with Gasteiger partial charge in [-0.1, -0.05) is 29.8 Å². The van der Waals surface area contributed by atoms with Gasteiger partial charge in [-0.25, -0.2) is 9.78 Å². The second-order valence-electron chi connectivity index (χ2n) is 5.76.